The molecule has 67 heavy (non-hydrogen) atoms. The van der Waals surface area contributed by atoms with Crippen molar-refractivity contribution < 1.29 is 38.7 Å². The van der Waals surface area contributed by atoms with Gasteiger partial charge < -0.3 is 39.8 Å². The summed E-state index contributed by atoms with van der Waals surface area (Å²) in [4.78, 5) is 34.7. The van der Waals surface area contributed by atoms with Crippen molar-refractivity contribution in [3.05, 3.63) is 163 Å². The number of ether oxygens (including phenoxy) is 4. The first kappa shape index (κ1) is 49.4. The molecule has 6 aromatic rings. The van der Waals surface area contributed by atoms with Crippen molar-refractivity contribution in [2.45, 2.75) is 66.2 Å². The molecule has 0 aliphatic carbocycles. The zero-order valence-corrected chi connectivity index (χ0v) is 38.8. The second-order valence-corrected chi connectivity index (χ2v) is 16.3. The maximum atomic E-state index is 11.1. The molecule has 4 N–H and O–H groups in total. The number of hydrogen-bond acceptors (Lipinski definition) is 12. The van der Waals surface area contributed by atoms with Gasteiger partial charge in [-0.05, 0) is 71.5 Å². The number of aliphatic carboxylic acids is 2. The van der Waals surface area contributed by atoms with E-state index in [0.29, 0.717) is 62.8 Å². The summed E-state index contributed by atoms with van der Waals surface area (Å²) in [6.45, 7) is 6.02. The maximum Gasteiger partial charge on any atom is 0.304 e. The van der Waals surface area contributed by atoms with E-state index in [1.54, 1.807) is 62.2 Å². The molecule has 2 aromatic heterocycles. The van der Waals surface area contributed by atoms with E-state index in [1.807, 2.05) is 37.3 Å². The second kappa shape index (κ2) is 24.5. The maximum absolute atomic E-state index is 11.1. The predicted octanol–water partition coefficient (Wildman–Crippen LogP) is 9.43. The summed E-state index contributed by atoms with van der Waals surface area (Å²) >= 11 is 13.6. The zero-order valence-electron chi connectivity index (χ0n) is 37.3. The number of aromatic nitrogens is 2. The van der Waals surface area contributed by atoms with Crippen molar-refractivity contribution in [3.8, 4) is 40.2 Å². The van der Waals surface area contributed by atoms with Gasteiger partial charge >= 0.3 is 11.9 Å². The van der Waals surface area contributed by atoms with Crippen molar-refractivity contribution in [1.82, 2.24) is 20.6 Å². The lowest BCUT2D eigenvalue weighted by Gasteiger charge is -2.19. The van der Waals surface area contributed by atoms with Crippen molar-refractivity contribution in [2.75, 3.05) is 20.1 Å². The lowest BCUT2D eigenvalue weighted by atomic mass is 9.92. The normalized spacial score (nSPS) is 11.0. The molecule has 0 bridgehead atoms. The van der Waals surface area contributed by atoms with Crippen LogP contribution in [0.25, 0.3) is 11.1 Å². The molecule has 0 saturated heterocycles. The Hall–Kier alpha value is -7.02. The van der Waals surface area contributed by atoms with E-state index in [2.05, 4.69) is 50.7 Å². The Morgan fingerprint density at radius 2 is 1.13 bits per heavy atom. The van der Waals surface area contributed by atoms with Crippen LogP contribution >= 0.6 is 23.2 Å². The van der Waals surface area contributed by atoms with Crippen LogP contribution in [0.2, 0.25) is 10.0 Å². The van der Waals surface area contributed by atoms with Gasteiger partial charge in [0.15, 0.2) is 0 Å². The average molecular weight is 946 g/mol. The summed E-state index contributed by atoms with van der Waals surface area (Å²) in [7, 11) is 1.69. The van der Waals surface area contributed by atoms with Crippen LogP contribution in [0.4, 0.5) is 0 Å². The van der Waals surface area contributed by atoms with E-state index in [9.17, 15) is 14.9 Å². The fourth-order valence-electron chi connectivity index (χ4n) is 7.09. The Morgan fingerprint density at radius 3 is 1.61 bits per heavy atom. The van der Waals surface area contributed by atoms with Crippen LogP contribution in [0.15, 0.2) is 103 Å². The monoisotopic (exact) mass is 944 g/mol. The number of halogens is 2. The molecular weight excluding hydrogens is 896 g/mol. The Bertz CT molecular complexity index is 2780. The van der Waals surface area contributed by atoms with E-state index < -0.39 is 11.9 Å². The number of carboxylic acids is 2. The standard InChI is InChI=1S/C51H50Cl2N6O8/c1-32-38(30-66-48-18-46(64-28-36-14-34(20-54)22-58-24-36)40(16-44(48)52)26-56-12-10-50(60)61)6-4-8-42(32)43-9-5-7-39(33(43)2)31-67-49-19-47(41(17-45(49)53)27-57-13-11-51(62)63)65-29-37-15-35(21-55-3)23-59-25-37/h4-9,14-19,21-25,56-57H,10-13,26-31H2,1-3H3,(H,60,61)(H,62,63)/b55-21+. The van der Waals surface area contributed by atoms with Crippen molar-refractivity contribution in [3.63, 3.8) is 0 Å². The minimum atomic E-state index is -0.908. The van der Waals surface area contributed by atoms with Crippen LogP contribution in [-0.4, -0.2) is 58.5 Å². The van der Waals surface area contributed by atoms with Gasteiger partial charge in [-0.15, -0.1) is 0 Å². The number of nitrogens with zero attached hydrogens (tertiary/aromatic N) is 4. The largest absolute Gasteiger partial charge is 0.488 e. The highest BCUT2D eigenvalue weighted by molar-refractivity contribution is 6.32. The molecule has 0 unspecified atom stereocenters. The number of rotatable bonds is 24. The van der Waals surface area contributed by atoms with Gasteiger partial charge in [0, 0.05) is 104 Å². The molecule has 0 atom stereocenters. The smallest absolute Gasteiger partial charge is 0.304 e. The van der Waals surface area contributed by atoms with E-state index in [0.717, 1.165) is 50.1 Å². The Morgan fingerprint density at radius 1 is 0.657 bits per heavy atom. The quantitative estimate of drug-likeness (QED) is 0.0331. The number of nitrogens with one attached hydrogen (secondary N) is 2. The summed E-state index contributed by atoms with van der Waals surface area (Å²) in [5.74, 6) is 0.0380. The predicted molar refractivity (Wildman–Crippen MR) is 256 cm³/mol. The van der Waals surface area contributed by atoms with Crippen molar-refractivity contribution >= 4 is 41.4 Å². The fourth-order valence-corrected chi connectivity index (χ4v) is 7.57. The Kier molecular flexibility index (Phi) is 18.1. The summed E-state index contributed by atoms with van der Waals surface area (Å²) < 4.78 is 25.2. The average Bonchev–Trinajstić information content (AvgIpc) is 3.31. The van der Waals surface area contributed by atoms with Crippen LogP contribution in [0, 0.1) is 25.2 Å². The molecular formula is C51H50Cl2N6O8. The lowest BCUT2D eigenvalue weighted by molar-refractivity contribution is -0.137. The number of hydrogen-bond donors (Lipinski definition) is 4. The Balaban J connectivity index is 1.18. The number of pyridine rings is 2. The van der Waals surface area contributed by atoms with Crippen molar-refractivity contribution in [2.24, 2.45) is 4.99 Å². The zero-order chi connectivity index (χ0) is 47.7. The molecule has 0 aliphatic rings. The first-order chi connectivity index (χ1) is 32.4. The number of benzene rings is 4. The number of carbonyl (C=O) groups is 2. The first-order valence-electron chi connectivity index (χ1n) is 21.3. The Labute approximate surface area is 399 Å². The van der Waals surface area contributed by atoms with Gasteiger partial charge in [0.1, 0.15) is 55.5 Å². The van der Waals surface area contributed by atoms with Gasteiger partial charge in [0.25, 0.3) is 0 Å². The third kappa shape index (κ3) is 14.2. The van der Waals surface area contributed by atoms with Crippen molar-refractivity contribution in [1.29, 1.82) is 5.26 Å². The van der Waals surface area contributed by atoms with E-state index in [4.69, 9.17) is 52.4 Å². The molecule has 0 spiro atoms. The topological polar surface area (TPSA) is 198 Å². The molecule has 16 heteroatoms. The minimum Gasteiger partial charge on any atom is -0.488 e. The number of nitriles is 1. The summed E-state index contributed by atoms with van der Waals surface area (Å²) in [6, 6.07) is 24.8. The number of aliphatic imine (C=N–C) groups is 1. The molecule has 14 nitrogen and oxygen atoms in total. The fraction of sp³-hybridized carbons (Fsp3) is 0.255. The molecule has 0 aliphatic heterocycles. The highest BCUT2D eigenvalue weighted by Gasteiger charge is 2.17. The number of carboxylic acid groups (broad SMARTS) is 2. The lowest BCUT2D eigenvalue weighted by Crippen LogP contribution is -2.18. The molecule has 4 aromatic carbocycles. The van der Waals surface area contributed by atoms with Gasteiger partial charge in [-0.3, -0.25) is 24.5 Å². The molecule has 346 valence electrons. The summed E-state index contributed by atoms with van der Waals surface area (Å²) in [5.41, 5.74) is 10.2. The van der Waals surface area contributed by atoms with Crippen LogP contribution in [0.3, 0.4) is 0 Å². The van der Waals surface area contributed by atoms with Crippen LogP contribution in [0.5, 0.6) is 23.0 Å². The molecule has 0 saturated carbocycles. The molecule has 6 rings (SSSR count). The third-order valence-corrected chi connectivity index (χ3v) is 11.2. The highest BCUT2D eigenvalue weighted by atomic mass is 35.5. The molecule has 0 radical (unpaired) electrons. The van der Waals surface area contributed by atoms with E-state index >= 15 is 0 Å². The SMILES string of the molecule is C/N=C/c1cncc(COc2cc(OCc3cccc(-c4cccc(COc5cc(OCc6cncc(C#N)c6)c(CNCCC(=O)O)cc5Cl)c4C)c3C)c(Cl)cc2CNCCC(=O)O)c1. The molecule has 2 heterocycles. The molecule has 0 fully saturated rings. The van der Waals surface area contributed by atoms with Crippen LogP contribution < -0.4 is 29.6 Å². The third-order valence-electron chi connectivity index (χ3n) is 10.6. The highest BCUT2D eigenvalue weighted by Crippen LogP contribution is 2.37. The van der Waals surface area contributed by atoms with E-state index in [1.165, 1.54) is 6.20 Å². The second-order valence-electron chi connectivity index (χ2n) is 15.5. The van der Waals surface area contributed by atoms with Gasteiger partial charge in [0.2, 0.25) is 0 Å². The minimum absolute atomic E-state index is 0.0284. The van der Waals surface area contributed by atoms with Gasteiger partial charge in [-0.1, -0.05) is 59.6 Å². The van der Waals surface area contributed by atoms with Gasteiger partial charge in [0.05, 0.1) is 28.5 Å². The van der Waals surface area contributed by atoms with E-state index in [-0.39, 0.29) is 52.4 Å². The molecule has 0 amide bonds. The first-order valence-corrected chi connectivity index (χ1v) is 22.1. The summed E-state index contributed by atoms with van der Waals surface area (Å²) in [5, 5.41) is 34.6. The van der Waals surface area contributed by atoms with Gasteiger partial charge in [-0.25, -0.2) is 0 Å². The van der Waals surface area contributed by atoms with Crippen LogP contribution in [-0.2, 0) is 49.1 Å². The van der Waals surface area contributed by atoms with Crippen LogP contribution in [0.1, 0.15) is 68.5 Å². The summed E-state index contributed by atoms with van der Waals surface area (Å²) in [6.07, 6.45) is 8.18. The van der Waals surface area contributed by atoms with Gasteiger partial charge in [-0.2, -0.15) is 5.26 Å².